The van der Waals surface area contributed by atoms with Crippen LogP contribution in [0.3, 0.4) is 0 Å². The number of carbonyl (C=O) groups is 2. The Labute approximate surface area is 109 Å². The van der Waals surface area contributed by atoms with Crippen LogP contribution in [0, 0.1) is 5.41 Å². The van der Waals surface area contributed by atoms with E-state index < -0.39 is 11.5 Å². The summed E-state index contributed by atoms with van der Waals surface area (Å²) in [6.45, 7) is 9.51. The van der Waals surface area contributed by atoms with Crippen LogP contribution in [0.5, 0.6) is 0 Å². The van der Waals surface area contributed by atoms with Crippen LogP contribution in [0.2, 0.25) is 0 Å². The van der Waals surface area contributed by atoms with Crippen LogP contribution in [-0.4, -0.2) is 28.6 Å². The van der Waals surface area contributed by atoms with Crippen LogP contribution in [0.4, 0.5) is 0 Å². The summed E-state index contributed by atoms with van der Waals surface area (Å²) in [7, 11) is 0. The predicted octanol–water partition coefficient (Wildman–Crippen LogP) is 1.51. The molecule has 0 aliphatic carbocycles. The zero-order valence-electron chi connectivity index (χ0n) is 12.0. The van der Waals surface area contributed by atoms with Crippen molar-refractivity contribution in [1.82, 2.24) is 5.32 Å². The number of carbonyl (C=O) groups excluding carboxylic acids is 1. The monoisotopic (exact) mass is 258 g/mol. The third-order valence-corrected chi connectivity index (χ3v) is 2.87. The number of amides is 1. The van der Waals surface area contributed by atoms with E-state index in [1.165, 1.54) is 0 Å². The number of hydrogen-bond acceptors (Lipinski definition) is 3. The number of nitrogens with one attached hydrogen (secondary N) is 1. The maximum atomic E-state index is 11.9. The van der Waals surface area contributed by atoms with Gasteiger partial charge in [0.1, 0.15) is 0 Å². The van der Waals surface area contributed by atoms with Crippen molar-refractivity contribution in [2.75, 3.05) is 0 Å². The van der Waals surface area contributed by atoms with Crippen molar-refractivity contribution in [3.8, 4) is 0 Å². The molecule has 4 N–H and O–H groups in total. The molecule has 0 heterocycles. The van der Waals surface area contributed by atoms with Gasteiger partial charge in [0.05, 0.1) is 12.0 Å². The molecule has 0 rings (SSSR count). The third-order valence-electron chi connectivity index (χ3n) is 2.87. The topological polar surface area (TPSA) is 92.4 Å². The third kappa shape index (κ3) is 6.59. The number of carboxylic acids is 1. The van der Waals surface area contributed by atoms with Crippen molar-refractivity contribution in [2.45, 2.75) is 65.5 Å². The van der Waals surface area contributed by atoms with Crippen LogP contribution in [0.15, 0.2) is 0 Å². The molecule has 0 bridgehead atoms. The van der Waals surface area contributed by atoms with Gasteiger partial charge in [0, 0.05) is 6.04 Å². The summed E-state index contributed by atoms with van der Waals surface area (Å²) in [6.07, 6.45) is 1.03. The number of aliphatic carboxylic acids is 1. The molecule has 0 aromatic rings. The van der Waals surface area contributed by atoms with Crippen LogP contribution < -0.4 is 11.1 Å². The fraction of sp³-hybridized carbons (Fsp3) is 0.846. The summed E-state index contributed by atoms with van der Waals surface area (Å²) >= 11 is 0. The summed E-state index contributed by atoms with van der Waals surface area (Å²) in [4.78, 5) is 22.8. The fourth-order valence-corrected chi connectivity index (χ4v) is 1.64. The summed E-state index contributed by atoms with van der Waals surface area (Å²) in [5.74, 6) is -1.21. The first kappa shape index (κ1) is 16.9. The molecule has 0 aliphatic heterocycles. The minimum absolute atomic E-state index is 0.0510. The minimum Gasteiger partial charge on any atom is -0.481 e. The Morgan fingerprint density at radius 3 is 2.11 bits per heavy atom. The van der Waals surface area contributed by atoms with E-state index in [0.29, 0.717) is 12.8 Å². The lowest BCUT2D eigenvalue weighted by molar-refractivity contribution is -0.138. The van der Waals surface area contributed by atoms with E-state index >= 15 is 0 Å². The second kappa shape index (κ2) is 6.18. The van der Waals surface area contributed by atoms with E-state index in [1.807, 2.05) is 27.7 Å². The molecule has 0 fully saturated rings. The molecule has 0 radical (unpaired) electrons. The molecule has 106 valence electrons. The Kier molecular flexibility index (Phi) is 5.80. The second-order valence-corrected chi connectivity index (χ2v) is 6.30. The molecule has 18 heavy (non-hydrogen) atoms. The zero-order valence-corrected chi connectivity index (χ0v) is 12.0. The van der Waals surface area contributed by atoms with E-state index in [9.17, 15) is 9.59 Å². The molecule has 2 atom stereocenters. The van der Waals surface area contributed by atoms with E-state index in [0.717, 1.165) is 0 Å². The standard InChI is InChI=1S/C13H26N2O3/c1-6-13(5,14)11(18)15-9(7-10(16)17)8-12(2,3)4/h9H,6-8,14H2,1-5H3,(H,15,18)(H,16,17). The summed E-state index contributed by atoms with van der Waals surface area (Å²) in [5.41, 5.74) is 4.84. The Hall–Kier alpha value is -1.10. The van der Waals surface area contributed by atoms with Crippen molar-refractivity contribution in [1.29, 1.82) is 0 Å². The fourth-order valence-electron chi connectivity index (χ4n) is 1.64. The molecule has 0 aliphatic rings. The highest BCUT2D eigenvalue weighted by atomic mass is 16.4. The maximum Gasteiger partial charge on any atom is 0.305 e. The van der Waals surface area contributed by atoms with E-state index in [4.69, 9.17) is 10.8 Å². The molecule has 0 saturated carbocycles. The van der Waals surface area contributed by atoms with Crippen molar-refractivity contribution >= 4 is 11.9 Å². The highest BCUT2D eigenvalue weighted by Crippen LogP contribution is 2.22. The molecular formula is C13H26N2O3. The van der Waals surface area contributed by atoms with Gasteiger partial charge in [0.15, 0.2) is 0 Å². The SMILES string of the molecule is CCC(C)(N)C(=O)NC(CC(=O)O)CC(C)(C)C. The molecule has 5 nitrogen and oxygen atoms in total. The van der Waals surface area contributed by atoms with E-state index in [1.54, 1.807) is 6.92 Å². The number of nitrogens with two attached hydrogens (primary N) is 1. The molecule has 5 heteroatoms. The van der Waals surface area contributed by atoms with Crippen molar-refractivity contribution < 1.29 is 14.7 Å². The Morgan fingerprint density at radius 1 is 1.28 bits per heavy atom. The molecule has 0 saturated heterocycles. The molecule has 0 spiro atoms. The average molecular weight is 258 g/mol. The highest BCUT2D eigenvalue weighted by molar-refractivity contribution is 5.86. The molecule has 0 aromatic heterocycles. The zero-order chi connectivity index (χ0) is 14.6. The summed E-state index contributed by atoms with van der Waals surface area (Å²) < 4.78 is 0. The average Bonchev–Trinajstić information content (AvgIpc) is 2.13. The molecule has 1 amide bonds. The normalized spacial score (nSPS) is 16.8. The highest BCUT2D eigenvalue weighted by Gasteiger charge is 2.30. The predicted molar refractivity (Wildman–Crippen MR) is 71.1 cm³/mol. The van der Waals surface area contributed by atoms with Crippen LogP contribution in [-0.2, 0) is 9.59 Å². The van der Waals surface area contributed by atoms with Crippen molar-refractivity contribution in [3.05, 3.63) is 0 Å². The van der Waals surface area contributed by atoms with Crippen molar-refractivity contribution in [3.63, 3.8) is 0 Å². The van der Waals surface area contributed by atoms with Gasteiger partial charge in [-0.15, -0.1) is 0 Å². The smallest absolute Gasteiger partial charge is 0.305 e. The molecular weight excluding hydrogens is 232 g/mol. The van der Waals surface area contributed by atoms with Crippen LogP contribution >= 0.6 is 0 Å². The van der Waals surface area contributed by atoms with Gasteiger partial charge in [-0.3, -0.25) is 9.59 Å². The lowest BCUT2D eigenvalue weighted by atomic mass is 9.86. The van der Waals surface area contributed by atoms with Gasteiger partial charge in [-0.2, -0.15) is 0 Å². The number of rotatable bonds is 6. The van der Waals surface area contributed by atoms with Crippen LogP contribution in [0.1, 0.15) is 53.9 Å². The van der Waals surface area contributed by atoms with Gasteiger partial charge in [-0.1, -0.05) is 27.7 Å². The Balaban J connectivity index is 4.69. The first-order valence-electron chi connectivity index (χ1n) is 6.29. The largest absolute Gasteiger partial charge is 0.481 e. The Morgan fingerprint density at radius 2 is 1.78 bits per heavy atom. The first-order chi connectivity index (χ1) is 7.98. The van der Waals surface area contributed by atoms with Gasteiger partial charge < -0.3 is 16.2 Å². The lowest BCUT2D eigenvalue weighted by Crippen LogP contribution is -2.54. The first-order valence-corrected chi connectivity index (χ1v) is 6.29. The molecule has 0 aromatic carbocycles. The summed E-state index contributed by atoms with van der Waals surface area (Å²) in [5, 5.41) is 11.6. The van der Waals surface area contributed by atoms with E-state index in [2.05, 4.69) is 5.32 Å². The lowest BCUT2D eigenvalue weighted by Gasteiger charge is -2.29. The molecule has 2 unspecified atom stereocenters. The van der Waals surface area contributed by atoms with Gasteiger partial charge in [-0.25, -0.2) is 0 Å². The number of carboxylic acid groups (broad SMARTS) is 1. The summed E-state index contributed by atoms with van der Waals surface area (Å²) in [6, 6.07) is -0.385. The van der Waals surface area contributed by atoms with Gasteiger partial charge in [0.2, 0.25) is 5.91 Å². The van der Waals surface area contributed by atoms with Gasteiger partial charge in [0.25, 0.3) is 0 Å². The minimum atomic E-state index is -0.950. The van der Waals surface area contributed by atoms with Gasteiger partial charge >= 0.3 is 5.97 Å². The van der Waals surface area contributed by atoms with E-state index in [-0.39, 0.29) is 23.8 Å². The van der Waals surface area contributed by atoms with Crippen LogP contribution in [0.25, 0.3) is 0 Å². The van der Waals surface area contributed by atoms with Crippen molar-refractivity contribution in [2.24, 2.45) is 11.1 Å². The van der Waals surface area contributed by atoms with Gasteiger partial charge in [-0.05, 0) is 25.2 Å². The number of hydrogen-bond donors (Lipinski definition) is 3. The second-order valence-electron chi connectivity index (χ2n) is 6.30. The Bertz CT molecular complexity index is 306. The quantitative estimate of drug-likeness (QED) is 0.673. The maximum absolute atomic E-state index is 11.9.